The fourth-order valence-electron chi connectivity index (χ4n) is 7.92. The van der Waals surface area contributed by atoms with Gasteiger partial charge in [-0.2, -0.15) is 0 Å². The number of fused-ring (bicyclic) bond motifs is 5. The molecule has 0 spiro atoms. The van der Waals surface area contributed by atoms with Gasteiger partial charge in [0.25, 0.3) is 0 Å². The second-order valence-corrected chi connectivity index (χ2v) is 13.2. The summed E-state index contributed by atoms with van der Waals surface area (Å²) in [7, 11) is 0. The molecule has 0 nitrogen and oxygen atoms in total. The quantitative estimate of drug-likeness (QED) is 0.324. The highest BCUT2D eigenvalue weighted by Crippen LogP contribution is 2.71. The predicted octanol–water partition coefficient (Wildman–Crippen LogP) is 7.71. The molecule has 0 saturated heterocycles. The van der Waals surface area contributed by atoms with Gasteiger partial charge in [0, 0.05) is 14.5 Å². The van der Waals surface area contributed by atoms with Crippen LogP contribution >= 0.6 is 47.8 Å². The number of rotatable bonds is 2. The zero-order chi connectivity index (χ0) is 17.2. The van der Waals surface area contributed by atoms with Gasteiger partial charge >= 0.3 is 0 Å². The molecule has 4 rings (SSSR count). The van der Waals surface area contributed by atoms with E-state index in [1.807, 2.05) is 0 Å². The molecule has 0 aliphatic heterocycles. The van der Waals surface area contributed by atoms with Crippen molar-refractivity contribution < 1.29 is 0 Å². The summed E-state index contributed by atoms with van der Waals surface area (Å²) in [6, 6.07) is 0. The molecule has 24 heavy (non-hydrogen) atoms. The third-order valence-electron chi connectivity index (χ3n) is 9.32. The van der Waals surface area contributed by atoms with E-state index in [4.69, 9.17) is 0 Å². The number of alkyl halides is 3. The lowest BCUT2D eigenvalue weighted by Crippen LogP contribution is -2.62. The number of halogens is 3. The highest BCUT2D eigenvalue weighted by molar-refractivity contribution is 9.12. The molecule has 4 aliphatic carbocycles. The molecule has 138 valence electrons. The summed E-state index contributed by atoms with van der Waals surface area (Å²) in [6.07, 6.45) is 14.4. The highest BCUT2D eigenvalue weighted by Gasteiger charge is 2.65. The standard InChI is InChI=1S/C21H33Br3/c1-19-11-7-17-15(16(19)6-5-14(19)8-12-22)13-18(23)21(24)10-4-3-9-20(17,21)2/h14-18H,3-13H2,1-2H3/t14-,15+,16+,17+,18?,19-,20-,21?/m1/s1. The summed E-state index contributed by atoms with van der Waals surface area (Å²) in [5.41, 5.74) is 1.12. The minimum atomic E-state index is 0.348. The molecule has 4 aliphatic rings. The molecule has 2 unspecified atom stereocenters. The van der Waals surface area contributed by atoms with Crippen molar-refractivity contribution in [1.82, 2.24) is 0 Å². The summed E-state index contributed by atoms with van der Waals surface area (Å²) in [5, 5.41) is 1.19. The Morgan fingerprint density at radius 2 is 1.71 bits per heavy atom. The third kappa shape index (κ3) is 2.45. The SMILES string of the molecule is C[C@]12CC[C@H]3[C@@H](CC(Br)C4(Br)CCCC[C@]34C)[C@@H]1CC[C@@H]2CCBr. The van der Waals surface area contributed by atoms with Crippen LogP contribution in [0.4, 0.5) is 0 Å². The van der Waals surface area contributed by atoms with Gasteiger partial charge in [-0.25, -0.2) is 0 Å². The molecule has 0 amide bonds. The van der Waals surface area contributed by atoms with E-state index in [-0.39, 0.29) is 0 Å². The Morgan fingerprint density at radius 1 is 0.958 bits per heavy atom. The average molecular weight is 525 g/mol. The van der Waals surface area contributed by atoms with Gasteiger partial charge in [0.05, 0.1) is 0 Å². The molecule has 4 saturated carbocycles. The van der Waals surface area contributed by atoms with E-state index >= 15 is 0 Å². The Bertz CT molecular complexity index is 493. The lowest BCUT2D eigenvalue weighted by atomic mass is 9.44. The monoisotopic (exact) mass is 522 g/mol. The van der Waals surface area contributed by atoms with Gasteiger partial charge in [-0.05, 0) is 85.9 Å². The first-order valence-corrected chi connectivity index (χ1v) is 13.1. The molecule has 0 heterocycles. The molecule has 0 N–H and O–H groups in total. The molecule has 8 atom stereocenters. The summed E-state index contributed by atoms with van der Waals surface area (Å²) in [6.45, 7) is 5.32. The molecule has 0 radical (unpaired) electrons. The van der Waals surface area contributed by atoms with Crippen LogP contribution in [0.2, 0.25) is 0 Å². The maximum absolute atomic E-state index is 4.33. The van der Waals surface area contributed by atoms with Gasteiger partial charge in [0.2, 0.25) is 0 Å². The Kier molecular flexibility index (Phi) is 5.09. The first-order chi connectivity index (χ1) is 11.4. The summed E-state index contributed by atoms with van der Waals surface area (Å²) < 4.78 is 0.348. The molecule has 0 aromatic rings. The van der Waals surface area contributed by atoms with E-state index in [2.05, 4.69) is 61.6 Å². The molecule has 3 heteroatoms. The first kappa shape index (κ1) is 18.8. The number of hydrogen-bond donors (Lipinski definition) is 0. The van der Waals surface area contributed by atoms with Crippen molar-refractivity contribution in [2.45, 2.75) is 87.2 Å². The second-order valence-electron chi connectivity index (χ2n) is 9.86. The van der Waals surface area contributed by atoms with E-state index in [0.29, 0.717) is 20.0 Å². The number of hydrogen-bond acceptors (Lipinski definition) is 0. The topological polar surface area (TPSA) is 0 Å². The molecule has 4 fully saturated rings. The Hall–Kier alpha value is 1.44. The van der Waals surface area contributed by atoms with Crippen LogP contribution in [0.25, 0.3) is 0 Å². The first-order valence-electron chi connectivity index (χ1n) is 10.3. The minimum absolute atomic E-state index is 0.348. The highest BCUT2D eigenvalue weighted by atomic mass is 79.9. The van der Waals surface area contributed by atoms with E-state index in [0.717, 1.165) is 23.7 Å². The lowest BCUT2D eigenvalue weighted by molar-refractivity contribution is -0.0930. The van der Waals surface area contributed by atoms with Crippen LogP contribution in [0.3, 0.4) is 0 Å². The van der Waals surface area contributed by atoms with Gasteiger partial charge in [0.1, 0.15) is 0 Å². The largest absolute Gasteiger partial charge is 0.0928 e. The van der Waals surface area contributed by atoms with Crippen LogP contribution in [0.5, 0.6) is 0 Å². The van der Waals surface area contributed by atoms with Crippen molar-refractivity contribution in [3.05, 3.63) is 0 Å². The lowest BCUT2D eigenvalue weighted by Gasteiger charge is -2.65. The Morgan fingerprint density at radius 3 is 2.46 bits per heavy atom. The maximum Gasteiger partial charge on any atom is 0.0439 e. The molecule has 0 bridgehead atoms. The fraction of sp³-hybridized carbons (Fsp3) is 1.00. The van der Waals surface area contributed by atoms with Crippen molar-refractivity contribution in [1.29, 1.82) is 0 Å². The van der Waals surface area contributed by atoms with Gasteiger partial charge in [-0.15, -0.1) is 0 Å². The van der Waals surface area contributed by atoms with Gasteiger partial charge in [0.15, 0.2) is 0 Å². The molecular weight excluding hydrogens is 492 g/mol. The zero-order valence-corrected chi connectivity index (χ0v) is 20.1. The molecule has 0 aromatic heterocycles. The summed E-state index contributed by atoms with van der Waals surface area (Å²) >= 11 is 12.2. The van der Waals surface area contributed by atoms with Crippen molar-refractivity contribution in [2.75, 3.05) is 5.33 Å². The van der Waals surface area contributed by atoms with Crippen LogP contribution in [0.15, 0.2) is 0 Å². The van der Waals surface area contributed by atoms with Crippen LogP contribution in [0, 0.1) is 34.5 Å². The van der Waals surface area contributed by atoms with Crippen molar-refractivity contribution >= 4 is 47.8 Å². The maximum atomic E-state index is 4.33. The van der Waals surface area contributed by atoms with Gasteiger partial charge in [-0.3, -0.25) is 0 Å². The van der Waals surface area contributed by atoms with Crippen LogP contribution in [-0.2, 0) is 0 Å². The van der Waals surface area contributed by atoms with E-state index in [1.54, 1.807) is 0 Å². The normalized spacial score (nSPS) is 57.1. The van der Waals surface area contributed by atoms with Crippen molar-refractivity contribution in [2.24, 2.45) is 34.5 Å². The average Bonchev–Trinajstić information content (AvgIpc) is 2.87. The summed E-state index contributed by atoms with van der Waals surface area (Å²) in [5.74, 6) is 3.86. The molecule has 0 aromatic carbocycles. The van der Waals surface area contributed by atoms with E-state index in [9.17, 15) is 0 Å². The van der Waals surface area contributed by atoms with Crippen molar-refractivity contribution in [3.8, 4) is 0 Å². The zero-order valence-electron chi connectivity index (χ0n) is 15.3. The molecular formula is C21H33Br3. The predicted molar refractivity (Wildman–Crippen MR) is 115 cm³/mol. The smallest absolute Gasteiger partial charge is 0.0439 e. The van der Waals surface area contributed by atoms with E-state index < -0.39 is 0 Å². The van der Waals surface area contributed by atoms with Crippen LogP contribution in [-0.4, -0.2) is 14.5 Å². The minimum Gasteiger partial charge on any atom is -0.0928 e. The van der Waals surface area contributed by atoms with Crippen molar-refractivity contribution in [3.63, 3.8) is 0 Å². The Labute approximate surface area is 174 Å². The third-order valence-corrected chi connectivity index (χ3v) is 13.4. The van der Waals surface area contributed by atoms with Crippen LogP contribution in [0.1, 0.15) is 78.1 Å². The van der Waals surface area contributed by atoms with Crippen LogP contribution < -0.4 is 0 Å². The van der Waals surface area contributed by atoms with Gasteiger partial charge in [-0.1, -0.05) is 74.5 Å². The fourth-order valence-corrected chi connectivity index (χ4v) is 10.6. The van der Waals surface area contributed by atoms with E-state index in [1.165, 1.54) is 69.5 Å². The second kappa shape index (κ2) is 6.50. The van der Waals surface area contributed by atoms with Gasteiger partial charge < -0.3 is 0 Å². The summed E-state index contributed by atoms with van der Waals surface area (Å²) in [4.78, 5) is 0.661. The Balaban J connectivity index is 1.66.